The van der Waals surface area contributed by atoms with Crippen molar-refractivity contribution in [3.63, 3.8) is 0 Å². The van der Waals surface area contributed by atoms with Gasteiger partial charge in [-0.15, -0.1) is 0 Å². The van der Waals surface area contributed by atoms with Crippen molar-refractivity contribution in [3.8, 4) is 0 Å². The molecule has 1 aliphatic carbocycles. The fourth-order valence-electron chi connectivity index (χ4n) is 3.16. The van der Waals surface area contributed by atoms with Gasteiger partial charge in [0.1, 0.15) is 0 Å². The zero-order valence-electron chi connectivity index (χ0n) is 13.3. The molecule has 1 aliphatic rings. The fourth-order valence-corrected chi connectivity index (χ4v) is 3.16. The van der Waals surface area contributed by atoms with Crippen LogP contribution in [0, 0.1) is 11.8 Å². The average Bonchev–Trinajstić information content (AvgIpc) is 2.47. The summed E-state index contributed by atoms with van der Waals surface area (Å²) < 4.78 is 4.86. The van der Waals surface area contributed by atoms with Gasteiger partial charge in [0.25, 0.3) is 0 Å². The summed E-state index contributed by atoms with van der Waals surface area (Å²) in [7, 11) is 1.44. The first-order chi connectivity index (χ1) is 10.1. The van der Waals surface area contributed by atoms with Gasteiger partial charge in [-0.3, -0.25) is 4.79 Å². The highest BCUT2D eigenvalue weighted by Gasteiger charge is 2.27. The van der Waals surface area contributed by atoms with Crippen LogP contribution in [0.2, 0.25) is 0 Å². The lowest BCUT2D eigenvalue weighted by Crippen LogP contribution is -2.46. The van der Waals surface area contributed by atoms with Gasteiger partial charge >= 0.3 is 5.97 Å². The zero-order valence-corrected chi connectivity index (χ0v) is 13.3. The van der Waals surface area contributed by atoms with Crippen molar-refractivity contribution in [2.24, 2.45) is 11.8 Å². The second kappa shape index (κ2) is 9.77. The predicted octanol–water partition coefficient (Wildman–Crippen LogP) is 2.59. The van der Waals surface area contributed by atoms with Crippen molar-refractivity contribution in [3.05, 3.63) is 0 Å². The lowest BCUT2D eigenvalue weighted by molar-refractivity contribution is -0.144. The molecule has 1 saturated carbocycles. The summed E-state index contributed by atoms with van der Waals surface area (Å²) in [5.41, 5.74) is 0. The van der Waals surface area contributed by atoms with E-state index in [1.165, 1.54) is 39.2 Å². The van der Waals surface area contributed by atoms with Crippen LogP contribution in [0.5, 0.6) is 0 Å². The third kappa shape index (κ3) is 6.46. The summed E-state index contributed by atoms with van der Waals surface area (Å²) in [5.74, 6) is -0.631. The molecule has 0 aromatic rings. The standard InChI is InChI=1S/C16H29NO4/c1-3-7-13(10-12-8-5-4-6-9-12)15(18)17-14(11-21-2)16(19)20/h12-14H,3-11H2,1-2H3,(H,17,18)(H,19,20). The molecule has 5 heteroatoms. The van der Waals surface area contributed by atoms with Crippen LogP contribution in [0.4, 0.5) is 0 Å². The van der Waals surface area contributed by atoms with E-state index in [-0.39, 0.29) is 18.4 Å². The van der Waals surface area contributed by atoms with Crippen LogP contribution in [0.3, 0.4) is 0 Å². The summed E-state index contributed by atoms with van der Waals surface area (Å²) in [6.45, 7) is 2.06. The van der Waals surface area contributed by atoms with Gasteiger partial charge in [-0.2, -0.15) is 0 Å². The Morgan fingerprint density at radius 1 is 1.29 bits per heavy atom. The smallest absolute Gasteiger partial charge is 0.328 e. The summed E-state index contributed by atoms with van der Waals surface area (Å²) >= 11 is 0. The average molecular weight is 299 g/mol. The molecule has 0 heterocycles. The molecule has 1 rings (SSSR count). The Hall–Kier alpha value is -1.10. The molecule has 1 amide bonds. The van der Waals surface area contributed by atoms with E-state index in [2.05, 4.69) is 12.2 Å². The number of methoxy groups -OCH3 is 1. The maximum absolute atomic E-state index is 12.4. The van der Waals surface area contributed by atoms with Crippen LogP contribution in [-0.2, 0) is 14.3 Å². The Morgan fingerprint density at radius 3 is 2.48 bits per heavy atom. The van der Waals surface area contributed by atoms with E-state index in [0.717, 1.165) is 19.3 Å². The summed E-state index contributed by atoms with van der Waals surface area (Å²) in [6.07, 6.45) is 8.87. The maximum Gasteiger partial charge on any atom is 0.328 e. The number of amides is 1. The number of ether oxygens (including phenoxy) is 1. The molecule has 0 aromatic heterocycles. The minimum atomic E-state index is -1.04. The highest BCUT2D eigenvalue weighted by atomic mass is 16.5. The van der Waals surface area contributed by atoms with Crippen LogP contribution >= 0.6 is 0 Å². The van der Waals surface area contributed by atoms with E-state index in [9.17, 15) is 9.59 Å². The lowest BCUT2D eigenvalue weighted by atomic mass is 9.81. The SMILES string of the molecule is CCCC(CC1CCCCC1)C(=O)NC(COC)C(=O)O. The molecule has 2 atom stereocenters. The number of hydrogen-bond donors (Lipinski definition) is 2. The van der Waals surface area contributed by atoms with Crippen LogP contribution in [0.25, 0.3) is 0 Å². The van der Waals surface area contributed by atoms with E-state index >= 15 is 0 Å². The monoisotopic (exact) mass is 299 g/mol. The van der Waals surface area contributed by atoms with Crippen molar-refractivity contribution < 1.29 is 19.4 Å². The number of aliphatic carboxylic acids is 1. The molecule has 0 bridgehead atoms. The van der Waals surface area contributed by atoms with E-state index < -0.39 is 12.0 Å². The molecule has 122 valence electrons. The molecular formula is C16H29NO4. The first kappa shape index (κ1) is 18.0. The van der Waals surface area contributed by atoms with Crippen molar-refractivity contribution in [1.82, 2.24) is 5.32 Å². The van der Waals surface area contributed by atoms with Gasteiger partial charge in [0.05, 0.1) is 6.61 Å². The number of carboxylic acids is 1. The first-order valence-corrected chi connectivity index (χ1v) is 8.10. The lowest BCUT2D eigenvalue weighted by Gasteiger charge is -2.26. The minimum Gasteiger partial charge on any atom is -0.480 e. The van der Waals surface area contributed by atoms with E-state index in [0.29, 0.717) is 5.92 Å². The van der Waals surface area contributed by atoms with E-state index in [1.54, 1.807) is 0 Å². The molecule has 2 unspecified atom stereocenters. The number of hydrogen-bond acceptors (Lipinski definition) is 3. The van der Waals surface area contributed by atoms with Gasteiger partial charge in [0, 0.05) is 13.0 Å². The summed E-state index contributed by atoms with van der Waals surface area (Å²) in [5, 5.41) is 11.7. The number of carboxylic acid groups (broad SMARTS) is 1. The third-order valence-electron chi connectivity index (χ3n) is 4.30. The van der Waals surface area contributed by atoms with Gasteiger partial charge < -0.3 is 15.2 Å². The van der Waals surface area contributed by atoms with Crippen molar-refractivity contribution in [2.75, 3.05) is 13.7 Å². The maximum atomic E-state index is 12.4. The van der Waals surface area contributed by atoms with Crippen molar-refractivity contribution >= 4 is 11.9 Å². The topological polar surface area (TPSA) is 75.6 Å². The number of nitrogens with one attached hydrogen (secondary N) is 1. The quantitative estimate of drug-likeness (QED) is 0.686. The van der Waals surface area contributed by atoms with Gasteiger partial charge in [-0.1, -0.05) is 45.4 Å². The van der Waals surface area contributed by atoms with Crippen LogP contribution < -0.4 is 5.32 Å². The predicted molar refractivity (Wildman–Crippen MR) is 81.0 cm³/mol. The van der Waals surface area contributed by atoms with E-state index in [1.807, 2.05) is 0 Å². The first-order valence-electron chi connectivity index (χ1n) is 8.10. The Balaban J connectivity index is 2.56. The normalized spacial score (nSPS) is 19.0. The molecule has 0 aromatic carbocycles. The van der Waals surface area contributed by atoms with Gasteiger partial charge in [0.15, 0.2) is 6.04 Å². The molecule has 1 fully saturated rings. The van der Waals surface area contributed by atoms with Gasteiger partial charge in [0.2, 0.25) is 5.91 Å². The zero-order chi connectivity index (χ0) is 15.7. The van der Waals surface area contributed by atoms with Crippen LogP contribution in [0.15, 0.2) is 0 Å². The Kier molecular flexibility index (Phi) is 8.35. The molecule has 0 spiro atoms. The van der Waals surface area contributed by atoms with Gasteiger partial charge in [-0.25, -0.2) is 4.79 Å². The Labute approximate surface area is 127 Å². The second-order valence-corrected chi connectivity index (χ2v) is 6.08. The van der Waals surface area contributed by atoms with Crippen molar-refractivity contribution in [2.45, 2.75) is 64.3 Å². The molecule has 5 nitrogen and oxygen atoms in total. The Bertz CT molecular complexity index is 326. The van der Waals surface area contributed by atoms with Crippen LogP contribution in [-0.4, -0.2) is 36.7 Å². The highest BCUT2D eigenvalue weighted by Crippen LogP contribution is 2.30. The molecule has 0 radical (unpaired) electrons. The fraction of sp³-hybridized carbons (Fsp3) is 0.875. The molecule has 2 N–H and O–H groups in total. The van der Waals surface area contributed by atoms with E-state index in [4.69, 9.17) is 9.84 Å². The molecule has 0 aliphatic heterocycles. The number of carbonyl (C=O) groups is 2. The largest absolute Gasteiger partial charge is 0.480 e. The van der Waals surface area contributed by atoms with Crippen molar-refractivity contribution in [1.29, 1.82) is 0 Å². The second-order valence-electron chi connectivity index (χ2n) is 6.08. The number of carbonyl (C=O) groups excluding carboxylic acids is 1. The Morgan fingerprint density at radius 2 is 1.95 bits per heavy atom. The van der Waals surface area contributed by atoms with Gasteiger partial charge in [-0.05, 0) is 18.8 Å². The van der Waals surface area contributed by atoms with Crippen LogP contribution in [0.1, 0.15) is 58.3 Å². The summed E-state index contributed by atoms with van der Waals surface area (Å²) in [6, 6.07) is -0.951. The molecule has 0 saturated heterocycles. The summed E-state index contributed by atoms with van der Waals surface area (Å²) in [4.78, 5) is 23.5. The highest BCUT2D eigenvalue weighted by molar-refractivity contribution is 5.85. The molecule has 21 heavy (non-hydrogen) atoms. The minimum absolute atomic E-state index is 0.00332. The number of rotatable bonds is 9. The third-order valence-corrected chi connectivity index (χ3v) is 4.30. The molecular weight excluding hydrogens is 270 g/mol.